The van der Waals surface area contributed by atoms with Crippen LogP contribution in [0.2, 0.25) is 0 Å². The summed E-state index contributed by atoms with van der Waals surface area (Å²) in [4.78, 5) is 11.8. The fourth-order valence-corrected chi connectivity index (χ4v) is 1.31. The lowest BCUT2D eigenvalue weighted by atomic mass is 9.92. The molecule has 0 aliphatic heterocycles. The van der Waals surface area contributed by atoms with E-state index in [0.29, 0.717) is 11.8 Å². The molecule has 0 aromatic rings. The highest BCUT2D eigenvalue weighted by Crippen LogP contribution is 2.49. The van der Waals surface area contributed by atoms with Gasteiger partial charge in [-0.1, -0.05) is 0 Å². The van der Waals surface area contributed by atoms with E-state index >= 15 is 0 Å². The predicted octanol–water partition coefficient (Wildman–Crippen LogP) is 2.05. The van der Waals surface area contributed by atoms with Crippen LogP contribution in [0.1, 0.15) is 13.3 Å². The van der Waals surface area contributed by atoms with Crippen LogP contribution in [0.5, 0.6) is 0 Å². The molecule has 114 valence electrons. The number of nitrogens with zero attached hydrogens (tertiary/aromatic N) is 1. The Balaban J connectivity index is 5.33. The maximum absolute atomic E-state index is 13.0. The number of hydrogen-bond acceptors (Lipinski definition) is 2. The highest BCUT2D eigenvalue weighted by atomic mass is 19.4. The first-order valence-electron chi connectivity index (χ1n) is 4.83. The zero-order valence-electron chi connectivity index (χ0n) is 10.2. The zero-order valence-corrected chi connectivity index (χ0v) is 10.2. The zero-order chi connectivity index (χ0) is 15.9. The SMILES string of the molecule is CN(C)C(=O)C(C)(O)CC(F)(F)C(F)(F)C(F)(F)F. The number of likely N-dealkylation sites (N-methyl/N-ethyl adjacent to an activating group) is 1. The number of rotatable bonds is 4. The molecule has 0 spiro atoms. The monoisotopic (exact) mass is 299 g/mol. The summed E-state index contributed by atoms with van der Waals surface area (Å²) in [5.41, 5.74) is -3.05. The molecule has 1 N–H and O–H groups in total. The van der Waals surface area contributed by atoms with Crippen molar-refractivity contribution >= 4 is 5.91 Å². The van der Waals surface area contributed by atoms with E-state index in [9.17, 15) is 40.6 Å². The van der Waals surface area contributed by atoms with Gasteiger partial charge in [0.25, 0.3) is 5.91 Å². The number of alkyl halides is 7. The molecule has 0 aliphatic rings. The molecule has 0 bridgehead atoms. The Hall–Kier alpha value is -1.06. The molecule has 0 saturated heterocycles. The standard InChI is InChI=1S/C9H12F7NO2/c1-6(19,5(18)17(2)3)4-7(10,11)8(12,13)9(14,15)16/h19H,4H2,1-3H3. The van der Waals surface area contributed by atoms with Crippen molar-refractivity contribution in [3.05, 3.63) is 0 Å². The molecule has 0 fully saturated rings. The molecule has 0 radical (unpaired) electrons. The average Bonchev–Trinajstić information content (AvgIpc) is 2.12. The smallest absolute Gasteiger partial charge is 0.380 e. The summed E-state index contributed by atoms with van der Waals surface area (Å²) in [6.45, 7) is 0.440. The highest BCUT2D eigenvalue weighted by molar-refractivity contribution is 5.84. The second-order valence-electron chi connectivity index (χ2n) is 4.43. The summed E-state index contributed by atoms with van der Waals surface area (Å²) in [6.07, 6.45) is -8.85. The van der Waals surface area contributed by atoms with Crippen LogP contribution in [-0.2, 0) is 4.79 Å². The number of carbonyl (C=O) groups is 1. The molecule has 0 heterocycles. The normalized spacial score (nSPS) is 17.0. The molecule has 1 unspecified atom stereocenters. The molecule has 0 aliphatic carbocycles. The van der Waals surface area contributed by atoms with Gasteiger partial charge in [0.15, 0.2) is 0 Å². The summed E-state index contributed by atoms with van der Waals surface area (Å²) >= 11 is 0. The van der Waals surface area contributed by atoms with Crippen LogP contribution in [0, 0.1) is 0 Å². The lowest BCUT2D eigenvalue weighted by molar-refractivity contribution is -0.360. The number of aliphatic hydroxyl groups is 1. The van der Waals surface area contributed by atoms with E-state index in [1.165, 1.54) is 0 Å². The van der Waals surface area contributed by atoms with Crippen LogP contribution >= 0.6 is 0 Å². The van der Waals surface area contributed by atoms with Crippen molar-refractivity contribution in [3.8, 4) is 0 Å². The summed E-state index contributed by atoms with van der Waals surface area (Å²) in [7, 11) is 2.05. The Bertz CT molecular complexity index is 349. The third-order valence-corrected chi connectivity index (χ3v) is 2.25. The predicted molar refractivity (Wildman–Crippen MR) is 49.9 cm³/mol. The van der Waals surface area contributed by atoms with E-state index in [1.807, 2.05) is 0 Å². The molecular formula is C9H12F7NO2. The maximum atomic E-state index is 13.0. The van der Waals surface area contributed by atoms with Crippen molar-refractivity contribution < 1.29 is 40.6 Å². The molecule has 1 atom stereocenters. The van der Waals surface area contributed by atoms with E-state index < -0.39 is 36.0 Å². The van der Waals surface area contributed by atoms with Crippen molar-refractivity contribution in [1.82, 2.24) is 4.90 Å². The quantitative estimate of drug-likeness (QED) is 0.807. The molecule has 3 nitrogen and oxygen atoms in total. The van der Waals surface area contributed by atoms with Crippen molar-refractivity contribution in [2.75, 3.05) is 14.1 Å². The number of halogens is 7. The largest absolute Gasteiger partial charge is 0.459 e. The molecule has 10 heteroatoms. The Morgan fingerprint density at radius 2 is 1.42 bits per heavy atom. The number of amides is 1. The Kier molecular flexibility index (Phi) is 4.53. The van der Waals surface area contributed by atoms with E-state index in [2.05, 4.69) is 0 Å². The van der Waals surface area contributed by atoms with Crippen LogP contribution < -0.4 is 0 Å². The fourth-order valence-electron chi connectivity index (χ4n) is 1.31. The molecule has 0 rings (SSSR count). The first-order chi connectivity index (χ1) is 8.06. The van der Waals surface area contributed by atoms with Gasteiger partial charge in [0.05, 0.1) is 6.42 Å². The van der Waals surface area contributed by atoms with Crippen LogP contribution in [-0.4, -0.2) is 53.6 Å². The van der Waals surface area contributed by atoms with Crippen LogP contribution in [0.4, 0.5) is 30.7 Å². The van der Waals surface area contributed by atoms with Crippen molar-refractivity contribution in [3.63, 3.8) is 0 Å². The van der Waals surface area contributed by atoms with Crippen molar-refractivity contribution in [2.24, 2.45) is 0 Å². The third kappa shape index (κ3) is 3.48. The summed E-state index contributed by atoms with van der Waals surface area (Å²) in [5.74, 6) is -13.4. The van der Waals surface area contributed by atoms with Gasteiger partial charge >= 0.3 is 18.0 Å². The van der Waals surface area contributed by atoms with E-state index in [0.717, 1.165) is 14.1 Å². The summed E-state index contributed by atoms with van der Waals surface area (Å²) in [6, 6.07) is 0. The lowest BCUT2D eigenvalue weighted by Gasteiger charge is -2.33. The first-order valence-corrected chi connectivity index (χ1v) is 4.83. The molecule has 19 heavy (non-hydrogen) atoms. The van der Waals surface area contributed by atoms with Gasteiger partial charge in [0.1, 0.15) is 5.60 Å². The first kappa shape index (κ1) is 17.9. The Morgan fingerprint density at radius 3 is 1.68 bits per heavy atom. The van der Waals surface area contributed by atoms with Crippen molar-refractivity contribution in [2.45, 2.75) is 37.0 Å². The molecule has 1 amide bonds. The second-order valence-corrected chi connectivity index (χ2v) is 4.43. The second kappa shape index (κ2) is 4.80. The van der Waals surface area contributed by atoms with Gasteiger partial charge < -0.3 is 10.0 Å². The summed E-state index contributed by atoms with van der Waals surface area (Å²) < 4.78 is 86.8. The minimum Gasteiger partial charge on any atom is -0.380 e. The van der Waals surface area contributed by atoms with Crippen LogP contribution in [0.15, 0.2) is 0 Å². The van der Waals surface area contributed by atoms with E-state index in [-0.39, 0.29) is 0 Å². The fraction of sp³-hybridized carbons (Fsp3) is 0.889. The van der Waals surface area contributed by atoms with Crippen LogP contribution in [0.25, 0.3) is 0 Å². The molecule has 0 aromatic heterocycles. The Labute approximate surface area is 104 Å². The van der Waals surface area contributed by atoms with Crippen LogP contribution in [0.3, 0.4) is 0 Å². The van der Waals surface area contributed by atoms with Gasteiger partial charge in [-0.05, 0) is 6.92 Å². The lowest BCUT2D eigenvalue weighted by Crippen LogP contribution is -2.57. The van der Waals surface area contributed by atoms with E-state index in [4.69, 9.17) is 0 Å². The minimum absolute atomic E-state index is 0.440. The molecular weight excluding hydrogens is 287 g/mol. The third-order valence-electron chi connectivity index (χ3n) is 2.25. The Morgan fingerprint density at radius 1 is 1.05 bits per heavy atom. The molecule has 0 aromatic carbocycles. The van der Waals surface area contributed by atoms with Gasteiger partial charge in [0.2, 0.25) is 0 Å². The van der Waals surface area contributed by atoms with Gasteiger partial charge in [-0.3, -0.25) is 4.79 Å². The van der Waals surface area contributed by atoms with Gasteiger partial charge in [0, 0.05) is 14.1 Å². The maximum Gasteiger partial charge on any atom is 0.459 e. The molecule has 0 saturated carbocycles. The van der Waals surface area contributed by atoms with Gasteiger partial charge in [-0.2, -0.15) is 30.7 Å². The van der Waals surface area contributed by atoms with E-state index in [1.54, 1.807) is 0 Å². The van der Waals surface area contributed by atoms with Crippen molar-refractivity contribution in [1.29, 1.82) is 0 Å². The minimum atomic E-state index is -6.49. The average molecular weight is 299 g/mol. The van der Waals surface area contributed by atoms with Gasteiger partial charge in [-0.15, -0.1) is 0 Å². The highest BCUT2D eigenvalue weighted by Gasteiger charge is 2.74. The number of carbonyl (C=O) groups excluding carboxylic acids is 1. The number of hydrogen-bond donors (Lipinski definition) is 1. The van der Waals surface area contributed by atoms with Gasteiger partial charge in [-0.25, -0.2) is 0 Å². The topological polar surface area (TPSA) is 40.5 Å². The summed E-state index contributed by atoms with van der Waals surface area (Å²) in [5, 5.41) is 9.35.